The van der Waals surface area contributed by atoms with Gasteiger partial charge in [-0.05, 0) is 56.2 Å². The molecule has 0 aliphatic heterocycles. The van der Waals surface area contributed by atoms with Gasteiger partial charge in [-0.15, -0.1) is 0 Å². The molecule has 0 saturated carbocycles. The number of nitrogens with zero attached hydrogens (tertiary/aromatic N) is 1. The molecular formula is C24H26N2O3S. The van der Waals surface area contributed by atoms with Gasteiger partial charge in [-0.1, -0.05) is 54.1 Å². The van der Waals surface area contributed by atoms with Crippen LogP contribution in [-0.2, 0) is 10.0 Å². The molecule has 0 aliphatic rings. The van der Waals surface area contributed by atoms with E-state index in [9.17, 15) is 13.2 Å². The Balaban J connectivity index is 1.85. The molecule has 0 heterocycles. The lowest BCUT2D eigenvalue weighted by atomic mass is 10.1. The summed E-state index contributed by atoms with van der Waals surface area (Å²) in [4.78, 5) is 13.0. The molecule has 0 bridgehead atoms. The number of hydrogen-bond acceptors (Lipinski definition) is 3. The number of sulfonamides is 1. The first-order chi connectivity index (χ1) is 14.2. The highest BCUT2D eigenvalue weighted by molar-refractivity contribution is 7.92. The Bertz CT molecular complexity index is 1140. The molecule has 0 saturated heterocycles. The molecule has 0 fully saturated rings. The fourth-order valence-corrected chi connectivity index (χ4v) is 4.46. The Morgan fingerprint density at radius 2 is 1.57 bits per heavy atom. The SMILES string of the molecule is Cc1ccc(C(C)NC(=O)c2ccc(C)c(N(C)S(=O)(=O)c3ccccc3)c2)cc1. The topological polar surface area (TPSA) is 66.5 Å². The molecule has 1 unspecified atom stereocenters. The largest absolute Gasteiger partial charge is 0.346 e. The van der Waals surface area contributed by atoms with Crippen LogP contribution < -0.4 is 9.62 Å². The maximum Gasteiger partial charge on any atom is 0.264 e. The van der Waals surface area contributed by atoms with Crippen LogP contribution in [-0.4, -0.2) is 21.4 Å². The number of benzene rings is 3. The van der Waals surface area contributed by atoms with Crippen molar-refractivity contribution >= 4 is 21.6 Å². The molecule has 0 spiro atoms. The van der Waals surface area contributed by atoms with Crippen LogP contribution in [0.25, 0.3) is 0 Å². The summed E-state index contributed by atoms with van der Waals surface area (Å²) in [5.41, 5.74) is 3.80. The molecule has 1 amide bonds. The minimum atomic E-state index is -3.73. The van der Waals surface area contributed by atoms with E-state index in [0.717, 1.165) is 16.7 Å². The minimum Gasteiger partial charge on any atom is -0.346 e. The van der Waals surface area contributed by atoms with E-state index >= 15 is 0 Å². The molecule has 1 N–H and O–H groups in total. The molecule has 0 aromatic heterocycles. The third-order valence-electron chi connectivity index (χ3n) is 5.14. The number of anilines is 1. The highest BCUT2D eigenvalue weighted by Gasteiger charge is 2.23. The first-order valence-corrected chi connectivity index (χ1v) is 11.2. The highest BCUT2D eigenvalue weighted by Crippen LogP contribution is 2.27. The molecule has 5 nitrogen and oxygen atoms in total. The van der Waals surface area contributed by atoms with Crippen molar-refractivity contribution in [2.45, 2.75) is 31.7 Å². The van der Waals surface area contributed by atoms with Crippen molar-refractivity contribution < 1.29 is 13.2 Å². The van der Waals surface area contributed by atoms with E-state index in [4.69, 9.17) is 0 Å². The van der Waals surface area contributed by atoms with Crippen LogP contribution in [0.3, 0.4) is 0 Å². The normalized spacial score (nSPS) is 12.3. The van der Waals surface area contributed by atoms with Crippen LogP contribution in [0.2, 0.25) is 0 Å². The van der Waals surface area contributed by atoms with Gasteiger partial charge in [-0.3, -0.25) is 9.10 Å². The monoisotopic (exact) mass is 422 g/mol. The number of aryl methyl sites for hydroxylation is 2. The lowest BCUT2D eigenvalue weighted by molar-refractivity contribution is 0.0940. The molecule has 0 radical (unpaired) electrons. The minimum absolute atomic E-state index is 0.173. The maximum atomic E-state index is 13.0. The average Bonchev–Trinajstić information content (AvgIpc) is 2.74. The zero-order valence-electron chi connectivity index (χ0n) is 17.6. The lowest BCUT2D eigenvalue weighted by Gasteiger charge is -2.22. The van der Waals surface area contributed by atoms with Crippen molar-refractivity contribution in [2.75, 3.05) is 11.4 Å². The van der Waals surface area contributed by atoms with E-state index in [1.807, 2.05) is 45.0 Å². The Kier molecular flexibility index (Phi) is 6.27. The molecule has 3 aromatic rings. The average molecular weight is 423 g/mol. The summed E-state index contributed by atoms with van der Waals surface area (Å²) in [6, 6.07) is 21.1. The van der Waals surface area contributed by atoms with Crippen LogP contribution in [0.5, 0.6) is 0 Å². The van der Waals surface area contributed by atoms with E-state index in [1.54, 1.807) is 48.5 Å². The number of carbonyl (C=O) groups excluding carboxylic acids is 1. The molecule has 0 aliphatic carbocycles. The summed E-state index contributed by atoms with van der Waals surface area (Å²) < 4.78 is 27.2. The standard InChI is InChI=1S/C24H26N2O3S/c1-17-10-13-20(14-11-17)19(3)25-24(27)21-15-12-18(2)23(16-21)26(4)30(28,29)22-8-6-5-7-9-22/h5-16,19H,1-4H3,(H,25,27). The molecular weight excluding hydrogens is 396 g/mol. The zero-order valence-corrected chi connectivity index (χ0v) is 18.4. The number of nitrogens with one attached hydrogen (secondary N) is 1. The maximum absolute atomic E-state index is 13.0. The van der Waals surface area contributed by atoms with E-state index in [0.29, 0.717) is 11.3 Å². The second-order valence-electron chi connectivity index (χ2n) is 7.39. The van der Waals surface area contributed by atoms with Crippen molar-refractivity contribution in [2.24, 2.45) is 0 Å². The Labute approximate surface area is 178 Å². The summed E-state index contributed by atoms with van der Waals surface area (Å²) in [6.07, 6.45) is 0. The van der Waals surface area contributed by atoms with Gasteiger partial charge in [-0.25, -0.2) is 8.42 Å². The predicted molar refractivity (Wildman–Crippen MR) is 120 cm³/mol. The number of amides is 1. The Hall–Kier alpha value is -3.12. The summed E-state index contributed by atoms with van der Waals surface area (Å²) >= 11 is 0. The van der Waals surface area contributed by atoms with Gasteiger partial charge in [0.15, 0.2) is 0 Å². The summed E-state index contributed by atoms with van der Waals surface area (Å²) in [5, 5.41) is 2.98. The summed E-state index contributed by atoms with van der Waals surface area (Å²) in [5.74, 6) is -0.255. The van der Waals surface area contributed by atoms with Gasteiger partial charge in [0, 0.05) is 12.6 Å². The first-order valence-electron chi connectivity index (χ1n) is 9.72. The highest BCUT2D eigenvalue weighted by atomic mass is 32.2. The van der Waals surface area contributed by atoms with Gasteiger partial charge < -0.3 is 5.32 Å². The van der Waals surface area contributed by atoms with Gasteiger partial charge in [-0.2, -0.15) is 0 Å². The molecule has 3 aromatic carbocycles. The van der Waals surface area contributed by atoms with E-state index in [2.05, 4.69) is 5.32 Å². The van der Waals surface area contributed by atoms with Crippen molar-refractivity contribution in [3.63, 3.8) is 0 Å². The van der Waals surface area contributed by atoms with Crippen molar-refractivity contribution in [1.82, 2.24) is 5.32 Å². The first kappa shape index (κ1) is 21.6. The Morgan fingerprint density at radius 1 is 0.933 bits per heavy atom. The van der Waals surface area contributed by atoms with Crippen LogP contribution in [0.1, 0.15) is 40.0 Å². The van der Waals surface area contributed by atoms with Crippen molar-refractivity contribution in [3.8, 4) is 0 Å². The molecule has 156 valence electrons. The van der Waals surface area contributed by atoms with E-state index in [1.165, 1.54) is 11.4 Å². The van der Waals surface area contributed by atoms with Gasteiger partial charge in [0.1, 0.15) is 0 Å². The summed E-state index contributed by atoms with van der Waals surface area (Å²) in [7, 11) is -2.22. The third kappa shape index (κ3) is 4.54. The van der Waals surface area contributed by atoms with Crippen LogP contribution in [0.4, 0.5) is 5.69 Å². The van der Waals surface area contributed by atoms with Gasteiger partial charge >= 0.3 is 0 Å². The molecule has 6 heteroatoms. The fourth-order valence-electron chi connectivity index (χ4n) is 3.19. The number of rotatable bonds is 6. The molecule has 30 heavy (non-hydrogen) atoms. The fraction of sp³-hybridized carbons (Fsp3) is 0.208. The van der Waals surface area contributed by atoms with E-state index in [-0.39, 0.29) is 16.8 Å². The van der Waals surface area contributed by atoms with Gasteiger partial charge in [0.25, 0.3) is 15.9 Å². The molecule has 3 rings (SSSR count). The van der Waals surface area contributed by atoms with Gasteiger partial charge in [0.05, 0.1) is 16.6 Å². The smallest absolute Gasteiger partial charge is 0.264 e. The molecule has 1 atom stereocenters. The predicted octanol–water partition coefficient (Wildman–Crippen LogP) is 4.62. The number of hydrogen-bond donors (Lipinski definition) is 1. The Morgan fingerprint density at radius 3 is 2.20 bits per heavy atom. The van der Waals surface area contributed by atoms with Crippen LogP contribution >= 0.6 is 0 Å². The van der Waals surface area contributed by atoms with E-state index < -0.39 is 10.0 Å². The van der Waals surface area contributed by atoms with Gasteiger partial charge in [0.2, 0.25) is 0 Å². The lowest BCUT2D eigenvalue weighted by Crippen LogP contribution is -2.29. The second-order valence-corrected chi connectivity index (χ2v) is 9.36. The van der Waals surface area contributed by atoms with Crippen molar-refractivity contribution in [1.29, 1.82) is 0 Å². The van der Waals surface area contributed by atoms with Crippen LogP contribution in [0, 0.1) is 13.8 Å². The zero-order chi connectivity index (χ0) is 21.9. The van der Waals surface area contributed by atoms with Crippen molar-refractivity contribution in [3.05, 3.63) is 95.1 Å². The van der Waals surface area contributed by atoms with Crippen LogP contribution in [0.15, 0.2) is 77.7 Å². The summed E-state index contributed by atoms with van der Waals surface area (Å²) in [6.45, 7) is 5.76. The number of carbonyl (C=O) groups is 1. The third-order valence-corrected chi connectivity index (χ3v) is 6.92. The second kappa shape index (κ2) is 8.71. The quantitative estimate of drug-likeness (QED) is 0.630.